The molecule has 2 aromatic rings. The van der Waals surface area contributed by atoms with Gasteiger partial charge in [0.2, 0.25) is 0 Å². The highest BCUT2D eigenvalue weighted by atomic mass is 32.2. The first-order valence-electron chi connectivity index (χ1n) is 6.15. The molecule has 0 unspecified atom stereocenters. The number of thiophene rings is 1. The van der Waals surface area contributed by atoms with E-state index in [4.69, 9.17) is 5.73 Å². The maximum Gasteiger partial charge on any atom is 0.262 e. The topological polar surface area (TPSA) is 96.0 Å². The minimum Gasteiger partial charge on any atom is -0.399 e. The van der Waals surface area contributed by atoms with E-state index in [1.54, 1.807) is 26.0 Å². The zero-order valence-electron chi connectivity index (χ0n) is 11.9. The molecule has 5 nitrogen and oxygen atoms in total. The van der Waals surface area contributed by atoms with Gasteiger partial charge in [-0.25, -0.2) is 8.42 Å². The molecular weight excluding hydrogens is 306 g/mol. The predicted molar refractivity (Wildman–Crippen MR) is 84.9 cm³/mol. The Labute approximate surface area is 128 Å². The summed E-state index contributed by atoms with van der Waals surface area (Å²) in [5.41, 5.74) is 7.79. The molecule has 0 atom stereocenters. The maximum atomic E-state index is 12.5. The maximum absolute atomic E-state index is 12.5. The first-order valence-corrected chi connectivity index (χ1v) is 8.45. The second-order valence-electron chi connectivity index (χ2n) is 4.73. The Morgan fingerprint density at radius 2 is 1.95 bits per heavy atom. The number of nitrogens with two attached hydrogens (primary N) is 1. The molecule has 0 saturated heterocycles. The summed E-state index contributed by atoms with van der Waals surface area (Å²) in [6.45, 7) is 5.35. The Balaban J connectivity index is 2.50. The Morgan fingerprint density at radius 1 is 1.29 bits per heavy atom. The van der Waals surface area contributed by atoms with Crippen LogP contribution in [0.1, 0.15) is 21.6 Å². The molecule has 0 aliphatic rings. The number of hydrogen-bond acceptors (Lipinski definition) is 5. The molecule has 0 spiro atoms. The Morgan fingerprint density at radius 3 is 2.57 bits per heavy atom. The van der Waals surface area contributed by atoms with Gasteiger partial charge in [0.1, 0.15) is 11.1 Å². The van der Waals surface area contributed by atoms with Gasteiger partial charge in [-0.15, -0.1) is 11.3 Å². The summed E-state index contributed by atoms with van der Waals surface area (Å²) in [5.74, 6) is 0. The van der Waals surface area contributed by atoms with Crippen molar-refractivity contribution in [2.75, 3.05) is 10.5 Å². The van der Waals surface area contributed by atoms with Gasteiger partial charge >= 0.3 is 0 Å². The summed E-state index contributed by atoms with van der Waals surface area (Å²) in [7, 11) is -3.77. The SMILES string of the molecule is Cc1ccc(N)cc1S(=O)(=O)Nc1sc(C)c(C)c1C#N. The fourth-order valence-electron chi connectivity index (χ4n) is 1.92. The lowest BCUT2D eigenvalue weighted by Gasteiger charge is -2.10. The van der Waals surface area contributed by atoms with E-state index in [-0.39, 0.29) is 4.90 Å². The number of nitriles is 1. The van der Waals surface area contributed by atoms with E-state index >= 15 is 0 Å². The number of aryl methyl sites for hydroxylation is 2. The van der Waals surface area contributed by atoms with Crippen molar-refractivity contribution in [3.05, 3.63) is 39.8 Å². The minimum absolute atomic E-state index is 0.120. The zero-order valence-corrected chi connectivity index (χ0v) is 13.5. The van der Waals surface area contributed by atoms with Gasteiger partial charge in [0.15, 0.2) is 0 Å². The van der Waals surface area contributed by atoms with E-state index in [9.17, 15) is 13.7 Å². The highest BCUT2D eigenvalue weighted by Crippen LogP contribution is 2.33. The predicted octanol–water partition coefficient (Wildman–Crippen LogP) is 2.93. The summed E-state index contributed by atoms with van der Waals surface area (Å²) in [4.78, 5) is 1.03. The van der Waals surface area contributed by atoms with E-state index in [2.05, 4.69) is 4.72 Å². The standard InChI is InChI=1S/C14H15N3O2S2/c1-8-4-5-11(16)6-13(8)21(18,19)17-14-12(7-15)9(2)10(3)20-14/h4-6,17H,16H2,1-3H3. The number of nitrogens with one attached hydrogen (secondary N) is 1. The fourth-order valence-corrected chi connectivity index (χ4v) is 4.51. The first kappa shape index (κ1) is 15.4. The molecule has 0 amide bonds. The number of nitrogens with zero attached hydrogens (tertiary/aromatic N) is 1. The fraction of sp³-hybridized carbons (Fsp3) is 0.214. The molecule has 0 bridgehead atoms. The number of anilines is 2. The molecule has 7 heteroatoms. The number of nitrogen functional groups attached to an aromatic ring is 1. The average molecular weight is 321 g/mol. The van der Waals surface area contributed by atoms with Crippen LogP contribution in [-0.2, 0) is 10.0 Å². The molecule has 1 aromatic heterocycles. The van der Waals surface area contributed by atoms with Crippen molar-refractivity contribution in [1.29, 1.82) is 5.26 Å². The van der Waals surface area contributed by atoms with Crippen molar-refractivity contribution in [2.45, 2.75) is 25.7 Å². The smallest absolute Gasteiger partial charge is 0.262 e. The van der Waals surface area contributed by atoms with Crippen molar-refractivity contribution in [3.8, 4) is 6.07 Å². The third-order valence-corrected chi connectivity index (χ3v) is 5.97. The molecule has 2 rings (SSSR count). The van der Waals surface area contributed by atoms with Gasteiger partial charge in [-0.05, 0) is 44.0 Å². The lowest BCUT2D eigenvalue weighted by Crippen LogP contribution is -2.14. The van der Waals surface area contributed by atoms with Gasteiger partial charge in [-0.1, -0.05) is 6.07 Å². The minimum atomic E-state index is -3.77. The summed E-state index contributed by atoms with van der Waals surface area (Å²) >= 11 is 1.25. The molecule has 1 heterocycles. The van der Waals surface area contributed by atoms with Crippen LogP contribution in [0.4, 0.5) is 10.7 Å². The quantitative estimate of drug-likeness (QED) is 0.849. The Bertz CT molecular complexity index is 846. The summed E-state index contributed by atoms with van der Waals surface area (Å²) < 4.78 is 27.5. The van der Waals surface area contributed by atoms with Crippen LogP contribution in [0.15, 0.2) is 23.1 Å². The first-order chi connectivity index (χ1) is 9.76. The van der Waals surface area contributed by atoms with Crippen LogP contribution in [0.25, 0.3) is 0 Å². The van der Waals surface area contributed by atoms with Crippen molar-refractivity contribution < 1.29 is 8.42 Å². The molecule has 0 aliphatic heterocycles. The van der Waals surface area contributed by atoms with Crippen LogP contribution in [0.5, 0.6) is 0 Å². The zero-order chi connectivity index (χ0) is 15.8. The van der Waals surface area contributed by atoms with Crippen LogP contribution in [0, 0.1) is 32.1 Å². The number of sulfonamides is 1. The van der Waals surface area contributed by atoms with Crippen molar-refractivity contribution in [2.24, 2.45) is 0 Å². The van der Waals surface area contributed by atoms with Gasteiger partial charge in [0, 0.05) is 10.6 Å². The third-order valence-electron chi connectivity index (χ3n) is 3.23. The molecule has 0 saturated carbocycles. The molecule has 21 heavy (non-hydrogen) atoms. The molecule has 0 aliphatic carbocycles. The van der Waals surface area contributed by atoms with E-state index in [1.807, 2.05) is 13.0 Å². The molecule has 110 valence electrons. The van der Waals surface area contributed by atoms with Crippen LogP contribution in [0.3, 0.4) is 0 Å². The monoisotopic (exact) mass is 321 g/mol. The number of benzene rings is 1. The highest BCUT2D eigenvalue weighted by Gasteiger charge is 2.21. The molecule has 0 fully saturated rings. The lowest BCUT2D eigenvalue weighted by atomic mass is 10.2. The summed E-state index contributed by atoms with van der Waals surface area (Å²) in [6.07, 6.45) is 0. The van der Waals surface area contributed by atoms with Gasteiger partial charge in [-0.3, -0.25) is 4.72 Å². The molecular formula is C14H15N3O2S2. The van der Waals surface area contributed by atoms with Crippen LogP contribution in [0.2, 0.25) is 0 Å². The lowest BCUT2D eigenvalue weighted by molar-refractivity contribution is 0.601. The summed E-state index contributed by atoms with van der Waals surface area (Å²) in [5, 5.41) is 9.52. The van der Waals surface area contributed by atoms with Gasteiger partial charge in [0.25, 0.3) is 10.0 Å². The largest absolute Gasteiger partial charge is 0.399 e. The van der Waals surface area contributed by atoms with Crippen LogP contribution in [-0.4, -0.2) is 8.42 Å². The molecule has 1 aromatic carbocycles. The van der Waals surface area contributed by atoms with Crippen LogP contribution < -0.4 is 10.5 Å². The van der Waals surface area contributed by atoms with Crippen LogP contribution >= 0.6 is 11.3 Å². The van der Waals surface area contributed by atoms with Gasteiger partial charge in [-0.2, -0.15) is 5.26 Å². The normalized spacial score (nSPS) is 11.1. The second kappa shape index (κ2) is 5.39. The van der Waals surface area contributed by atoms with Crippen molar-refractivity contribution in [3.63, 3.8) is 0 Å². The van der Waals surface area contributed by atoms with E-state index < -0.39 is 10.0 Å². The average Bonchev–Trinajstić information content (AvgIpc) is 2.66. The second-order valence-corrected chi connectivity index (χ2v) is 7.61. The Hall–Kier alpha value is -2.04. The number of hydrogen-bond donors (Lipinski definition) is 2. The van der Waals surface area contributed by atoms with Crippen molar-refractivity contribution >= 4 is 32.0 Å². The van der Waals surface area contributed by atoms with E-state index in [0.717, 1.165) is 10.4 Å². The van der Waals surface area contributed by atoms with Crippen molar-refractivity contribution in [1.82, 2.24) is 0 Å². The molecule has 3 N–H and O–H groups in total. The molecule has 0 radical (unpaired) electrons. The summed E-state index contributed by atoms with van der Waals surface area (Å²) in [6, 6.07) is 6.76. The van der Waals surface area contributed by atoms with E-state index in [1.165, 1.54) is 17.4 Å². The van der Waals surface area contributed by atoms with E-state index in [0.29, 0.717) is 21.8 Å². The van der Waals surface area contributed by atoms with Gasteiger partial charge < -0.3 is 5.73 Å². The third kappa shape index (κ3) is 2.86. The highest BCUT2D eigenvalue weighted by molar-refractivity contribution is 7.93. The Kier molecular flexibility index (Phi) is 3.94. The number of rotatable bonds is 3. The van der Waals surface area contributed by atoms with Gasteiger partial charge in [0.05, 0.1) is 10.5 Å².